The molecular weight excluding hydrogens is 335 g/mol. The van der Waals surface area contributed by atoms with Crippen molar-refractivity contribution in [2.45, 2.75) is 13.3 Å². The molecule has 3 N–H and O–H groups in total. The molecule has 1 heterocycles. The van der Waals surface area contributed by atoms with Gasteiger partial charge < -0.3 is 10.6 Å². The van der Waals surface area contributed by atoms with Crippen LogP contribution in [0, 0.1) is 5.82 Å². The van der Waals surface area contributed by atoms with Gasteiger partial charge >= 0.3 is 0 Å². The molecule has 0 aliphatic heterocycles. The number of carbonyl (C=O) groups excluding carboxylic acids is 2. The van der Waals surface area contributed by atoms with E-state index in [0.717, 1.165) is 16.5 Å². The zero-order valence-corrected chi connectivity index (χ0v) is 14.3. The number of nitrogens with one attached hydrogen (secondary N) is 1. The number of hydrogen-bond acceptors (Lipinski definition) is 3. The third-order valence-electron chi connectivity index (χ3n) is 4.22. The molecule has 0 atom stereocenters. The van der Waals surface area contributed by atoms with E-state index in [2.05, 4.69) is 10.2 Å². The van der Waals surface area contributed by atoms with Crippen LogP contribution < -0.4 is 5.73 Å². The molecule has 0 radical (unpaired) electrons. The Hall–Kier alpha value is -3.22. The Morgan fingerprint density at radius 1 is 1.19 bits per heavy atom. The number of halogens is 1. The molecule has 2 amide bonds. The van der Waals surface area contributed by atoms with Crippen LogP contribution in [0.3, 0.4) is 0 Å². The Balaban J connectivity index is 1.95. The van der Waals surface area contributed by atoms with Crippen molar-refractivity contribution in [1.29, 1.82) is 0 Å². The van der Waals surface area contributed by atoms with Gasteiger partial charge in [-0.1, -0.05) is 0 Å². The van der Waals surface area contributed by atoms with Gasteiger partial charge in [0, 0.05) is 36.0 Å². The number of H-pyrrole nitrogens is 1. The van der Waals surface area contributed by atoms with Gasteiger partial charge in [0.1, 0.15) is 5.82 Å². The Bertz CT molecular complexity index is 950. The van der Waals surface area contributed by atoms with Crippen LogP contribution in [-0.2, 0) is 4.79 Å². The summed E-state index contributed by atoms with van der Waals surface area (Å²) in [6, 6.07) is 11.3. The third-order valence-corrected chi connectivity index (χ3v) is 4.22. The molecule has 0 saturated carbocycles. The lowest BCUT2D eigenvalue weighted by molar-refractivity contribution is -0.118. The summed E-state index contributed by atoms with van der Waals surface area (Å²) in [5, 5.41) is 7.98. The summed E-state index contributed by atoms with van der Waals surface area (Å²) >= 11 is 0. The molecule has 0 fully saturated rings. The van der Waals surface area contributed by atoms with Crippen LogP contribution in [-0.4, -0.2) is 40.0 Å². The number of amides is 2. The molecule has 1 aromatic heterocycles. The number of nitrogens with two attached hydrogens (primary N) is 1. The number of aromatic nitrogens is 2. The standard InChI is InChI=1S/C19H19FN4O2/c1-2-24(10-9-17(21)25)19(26)13-5-8-16-15(11-13)18(23-22-16)12-3-6-14(20)7-4-12/h3-8,11H,2,9-10H2,1H3,(H2,21,25)(H,22,23). The fourth-order valence-electron chi connectivity index (χ4n) is 2.81. The highest BCUT2D eigenvalue weighted by Gasteiger charge is 2.17. The zero-order valence-electron chi connectivity index (χ0n) is 14.3. The fourth-order valence-corrected chi connectivity index (χ4v) is 2.81. The highest BCUT2D eigenvalue weighted by atomic mass is 19.1. The minimum absolute atomic E-state index is 0.119. The van der Waals surface area contributed by atoms with Crippen LogP contribution in [0.1, 0.15) is 23.7 Å². The molecule has 0 unspecified atom stereocenters. The smallest absolute Gasteiger partial charge is 0.253 e. The summed E-state index contributed by atoms with van der Waals surface area (Å²) in [6.45, 7) is 2.60. The molecule has 2 aromatic carbocycles. The van der Waals surface area contributed by atoms with Gasteiger partial charge in [-0.15, -0.1) is 0 Å². The summed E-state index contributed by atoms with van der Waals surface area (Å²) < 4.78 is 13.2. The molecule has 7 heteroatoms. The normalized spacial score (nSPS) is 10.8. The Morgan fingerprint density at radius 2 is 1.92 bits per heavy atom. The van der Waals surface area contributed by atoms with E-state index in [0.29, 0.717) is 17.8 Å². The highest BCUT2D eigenvalue weighted by Crippen LogP contribution is 2.27. The molecular formula is C19H19FN4O2. The number of primary amides is 1. The van der Waals surface area contributed by atoms with Crippen molar-refractivity contribution in [3.05, 3.63) is 53.8 Å². The quantitative estimate of drug-likeness (QED) is 0.713. The Kier molecular flexibility index (Phi) is 4.97. The molecule has 3 rings (SSSR count). The van der Waals surface area contributed by atoms with Crippen LogP contribution in [0.2, 0.25) is 0 Å². The minimum Gasteiger partial charge on any atom is -0.370 e. The number of aromatic amines is 1. The largest absolute Gasteiger partial charge is 0.370 e. The predicted octanol–water partition coefficient (Wildman–Crippen LogP) is 2.71. The first-order valence-corrected chi connectivity index (χ1v) is 8.31. The molecule has 0 saturated heterocycles. The highest BCUT2D eigenvalue weighted by molar-refractivity contribution is 6.01. The summed E-state index contributed by atoms with van der Waals surface area (Å²) in [7, 11) is 0. The van der Waals surface area contributed by atoms with Gasteiger partial charge in [-0.2, -0.15) is 5.10 Å². The zero-order chi connectivity index (χ0) is 18.7. The summed E-state index contributed by atoms with van der Waals surface area (Å²) in [4.78, 5) is 25.3. The van der Waals surface area contributed by atoms with Gasteiger partial charge in [0.2, 0.25) is 5.91 Å². The second-order valence-corrected chi connectivity index (χ2v) is 5.94. The lowest BCUT2D eigenvalue weighted by Crippen LogP contribution is -2.33. The minimum atomic E-state index is -0.444. The van der Waals surface area contributed by atoms with E-state index in [4.69, 9.17) is 5.73 Å². The number of nitrogens with zero attached hydrogens (tertiary/aromatic N) is 2. The number of carbonyl (C=O) groups is 2. The fraction of sp³-hybridized carbons (Fsp3) is 0.211. The van der Waals surface area contributed by atoms with Crippen LogP contribution in [0.15, 0.2) is 42.5 Å². The van der Waals surface area contributed by atoms with Crippen molar-refractivity contribution in [2.75, 3.05) is 13.1 Å². The molecule has 3 aromatic rings. The molecule has 0 aliphatic carbocycles. The van der Waals surface area contributed by atoms with Crippen molar-refractivity contribution in [2.24, 2.45) is 5.73 Å². The Morgan fingerprint density at radius 3 is 2.58 bits per heavy atom. The first-order chi connectivity index (χ1) is 12.5. The SMILES string of the molecule is CCN(CCC(N)=O)C(=O)c1ccc2[nH]nc(-c3ccc(F)cc3)c2c1. The number of rotatable bonds is 6. The monoisotopic (exact) mass is 354 g/mol. The van der Waals surface area contributed by atoms with Crippen molar-refractivity contribution in [1.82, 2.24) is 15.1 Å². The first kappa shape index (κ1) is 17.6. The molecule has 0 aliphatic rings. The molecule has 134 valence electrons. The van der Waals surface area contributed by atoms with E-state index >= 15 is 0 Å². The van der Waals surface area contributed by atoms with E-state index in [1.54, 1.807) is 35.2 Å². The van der Waals surface area contributed by atoms with E-state index in [-0.39, 0.29) is 24.7 Å². The maximum absolute atomic E-state index is 13.2. The third kappa shape index (κ3) is 3.56. The van der Waals surface area contributed by atoms with E-state index < -0.39 is 5.91 Å². The topological polar surface area (TPSA) is 92.1 Å². The summed E-state index contributed by atoms with van der Waals surface area (Å²) in [5.41, 5.74) is 7.85. The van der Waals surface area contributed by atoms with Crippen LogP contribution in [0.4, 0.5) is 4.39 Å². The average Bonchev–Trinajstić information content (AvgIpc) is 3.05. The predicted molar refractivity (Wildman–Crippen MR) is 96.9 cm³/mol. The van der Waals surface area contributed by atoms with Crippen molar-refractivity contribution in [3.8, 4) is 11.3 Å². The maximum atomic E-state index is 13.2. The van der Waals surface area contributed by atoms with Crippen LogP contribution >= 0.6 is 0 Å². The molecule has 6 nitrogen and oxygen atoms in total. The van der Waals surface area contributed by atoms with Gasteiger partial charge in [0.25, 0.3) is 5.91 Å². The van der Waals surface area contributed by atoms with E-state index in [1.165, 1.54) is 12.1 Å². The van der Waals surface area contributed by atoms with Gasteiger partial charge in [-0.25, -0.2) is 4.39 Å². The second-order valence-electron chi connectivity index (χ2n) is 5.94. The summed E-state index contributed by atoms with van der Waals surface area (Å²) in [5.74, 6) is -0.945. The lowest BCUT2D eigenvalue weighted by Gasteiger charge is -2.20. The molecule has 0 bridgehead atoms. The number of benzene rings is 2. The van der Waals surface area contributed by atoms with Crippen molar-refractivity contribution < 1.29 is 14.0 Å². The van der Waals surface area contributed by atoms with Crippen LogP contribution in [0.25, 0.3) is 22.2 Å². The summed E-state index contributed by atoms with van der Waals surface area (Å²) in [6.07, 6.45) is 0.119. The van der Waals surface area contributed by atoms with Crippen molar-refractivity contribution in [3.63, 3.8) is 0 Å². The van der Waals surface area contributed by atoms with Crippen LogP contribution in [0.5, 0.6) is 0 Å². The van der Waals surface area contributed by atoms with E-state index in [9.17, 15) is 14.0 Å². The average molecular weight is 354 g/mol. The maximum Gasteiger partial charge on any atom is 0.253 e. The second kappa shape index (κ2) is 7.35. The lowest BCUT2D eigenvalue weighted by atomic mass is 10.0. The number of hydrogen-bond donors (Lipinski definition) is 2. The van der Waals surface area contributed by atoms with Gasteiger partial charge in [-0.3, -0.25) is 14.7 Å². The first-order valence-electron chi connectivity index (χ1n) is 8.31. The van der Waals surface area contributed by atoms with Gasteiger partial charge in [-0.05, 0) is 49.4 Å². The van der Waals surface area contributed by atoms with Crippen molar-refractivity contribution >= 4 is 22.7 Å². The number of fused-ring (bicyclic) bond motifs is 1. The van der Waals surface area contributed by atoms with E-state index in [1.807, 2.05) is 6.92 Å². The Labute approximate surface area is 149 Å². The van der Waals surface area contributed by atoms with Gasteiger partial charge in [0.15, 0.2) is 0 Å². The molecule has 0 spiro atoms. The molecule has 26 heavy (non-hydrogen) atoms. The van der Waals surface area contributed by atoms with Gasteiger partial charge in [0.05, 0.1) is 11.2 Å².